The monoisotopic (exact) mass is 555 g/mol. The van der Waals surface area contributed by atoms with E-state index in [1.807, 2.05) is 19.9 Å². The van der Waals surface area contributed by atoms with E-state index in [0.29, 0.717) is 41.8 Å². The van der Waals surface area contributed by atoms with Gasteiger partial charge in [-0.15, -0.1) is 0 Å². The molecule has 0 radical (unpaired) electrons. The van der Waals surface area contributed by atoms with Gasteiger partial charge in [0.2, 0.25) is 5.95 Å². The van der Waals surface area contributed by atoms with Crippen molar-refractivity contribution in [2.75, 3.05) is 41.3 Å². The number of anilines is 4. The Kier molecular flexibility index (Phi) is 7.21. The number of hydrogen-bond donors (Lipinski definition) is 2. The number of aliphatic hydroxyl groups excluding tert-OH is 1. The number of urea groups is 1. The highest BCUT2D eigenvalue weighted by atomic mass is 19.1. The third-order valence-corrected chi connectivity index (χ3v) is 6.63. The average Bonchev–Trinajstić information content (AvgIpc) is 3.45. The molecule has 5 rings (SSSR count). The molecule has 0 saturated carbocycles. The molecule has 5 heterocycles. The molecule has 14 heteroatoms. The molecule has 13 nitrogen and oxygen atoms in total. The van der Waals surface area contributed by atoms with Crippen LogP contribution in [0.1, 0.15) is 47.1 Å². The largest absolute Gasteiger partial charge is 0.443 e. The number of nitrogens with zero attached hydrogens (tertiary/aromatic N) is 8. The molecule has 0 aliphatic carbocycles. The predicted molar refractivity (Wildman–Crippen MR) is 147 cm³/mol. The second kappa shape index (κ2) is 10.5. The van der Waals surface area contributed by atoms with Crippen LogP contribution in [0.4, 0.5) is 37.4 Å². The van der Waals surface area contributed by atoms with E-state index in [1.165, 1.54) is 4.90 Å². The van der Waals surface area contributed by atoms with Gasteiger partial charge >= 0.3 is 12.1 Å². The van der Waals surface area contributed by atoms with Gasteiger partial charge in [0.1, 0.15) is 23.4 Å². The van der Waals surface area contributed by atoms with Crippen molar-refractivity contribution in [1.82, 2.24) is 29.6 Å². The van der Waals surface area contributed by atoms with Crippen molar-refractivity contribution >= 4 is 46.4 Å². The van der Waals surface area contributed by atoms with Crippen LogP contribution in [0.5, 0.6) is 0 Å². The molecule has 3 aromatic heterocycles. The van der Waals surface area contributed by atoms with Crippen molar-refractivity contribution in [2.24, 2.45) is 0 Å². The van der Waals surface area contributed by atoms with Gasteiger partial charge in [-0.05, 0) is 47.1 Å². The van der Waals surface area contributed by atoms with Crippen molar-refractivity contribution in [2.45, 2.75) is 65.0 Å². The van der Waals surface area contributed by atoms with Crippen molar-refractivity contribution in [3.05, 3.63) is 24.5 Å². The summed E-state index contributed by atoms with van der Waals surface area (Å²) in [6.45, 7) is 10.1. The van der Waals surface area contributed by atoms with E-state index >= 15 is 0 Å². The number of pyridine rings is 1. The summed E-state index contributed by atoms with van der Waals surface area (Å²) in [5, 5.41) is 18.2. The zero-order valence-corrected chi connectivity index (χ0v) is 23.2. The summed E-state index contributed by atoms with van der Waals surface area (Å²) in [7, 11) is 0. The van der Waals surface area contributed by atoms with Crippen LogP contribution >= 0.6 is 0 Å². The van der Waals surface area contributed by atoms with E-state index in [2.05, 4.69) is 20.3 Å². The standard InChI is InChI=1S/C26H34FN9O4/c1-15(2)36-18-12-21(30-20-6-8-28-23(31-20)33-9-7-19(37)17(27)14-33)29-13-16(18)22(32-36)34-10-11-35(24(34)38)25(39)40-26(3,4)5/h6,8,12-13,15,17,19,37H,7,9-11,14H2,1-5H3,(H,28,29,30,31)/t17-,19+/m0/s1. The topological polar surface area (TPSA) is 142 Å². The normalized spacial score (nSPS) is 20.1. The van der Waals surface area contributed by atoms with Gasteiger partial charge in [0.25, 0.3) is 0 Å². The minimum atomic E-state index is -1.36. The van der Waals surface area contributed by atoms with Gasteiger partial charge in [0.15, 0.2) is 5.82 Å². The fraction of sp³-hybridized carbons (Fsp3) is 0.538. The summed E-state index contributed by atoms with van der Waals surface area (Å²) in [5.41, 5.74) is 0.0195. The Hall–Kier alpha value is -4.07. The molecule has 0 bridgehead atoms. The van der Waals surface area contributed by atoms with Gasteiger partial charge in [-0.25, -0.2) is 28.8 Å². The molecule has 40 heavy (non-hydrogen) atoms. The van der Waals surface area contributed by atoms with Gasteiger partial charge < -0.3 is 20.1 Å². The Morgan fingerprint density at radius 1 is 1.20 bits per heavy atom. The molecular weight excluding hydrogens is 521 g/mol. The van der Waals surface area contributed by atoms with Crippen LogP contribution in [0.3, 0.4) is 0 Å². The van der Waals surface area contributed by atoms with E-state index in [9.17, 15) is 19.1 Å². The average molecular weight is 556 g/mol. The highest BCUT2D eigenvalue weighted by Gasteiger charge is 2.39. The number of carbonyl (C=O) groups excluding carboxylic acids is 2. The molecule has 214 valence electrons. The van der Waals surface area contributed by atoms with E-state index in [0.717, 1.165) is 10.4 Å². The first-order valence-corrected chi connectivity index (χ1v) is 13.3. The maximum absolute atomic E-state index is 14.0. The van der Waals surface area contributed by atoms with Crippen LogP contribution in [0.15, 0.2) is 24.5 Å². The Balaban J connectivity index is 1.39. The number of aromatic nitrogens is 5. The van der Waals surface area contributed by atoms with E-state index in [4.69, 9.17) is 9.84 Å². The molecule has 3 aromatic rings. The lowest BCUT2D eigenvalue weighted by Gasteiger charge is -2.32. The van der Waals surface area contributed by atoms with Crippen molar-refractivity contribution in [3.8, 4) is 0 Å². The number of imide groups is 1. The number of ether oxygens (including phenoxy) is 1. The molecule has 2 fully saturated rings. The van der Waals surface area contributed by atoms with Gasteiger partial charge in [0, 0.05) is 37.6 Å². The number of amides is 3. The van der Waals surface area contributed by atoms with Crippen molar-refractivity contribution < 1.29 is 23.8 Å². The number of nitrogens with one attached hydrogen (secondary N) is 1. The lowest BCUT2D eigenvalue weighted by atomic mass is 10.1. The van der Waals surface area contributed by atoms with E-state index in [-0.39, 0.29) is 25.7 Å². The Morgan fingerprint density at radius 2 is 1.98 bits per heavy atom. The maximum atomic E-state index is 14.0. The molecule has 3 amide bonds. The first kappa shape index (κ1) is 27.5. The number of carbonyl (C=O) groups is 2. The van der Waals surface area contributed by atoms with Gasteiger partial charge in [0.05, 0.1) is 30.1 Å². The first-order valence-electron chi connectivity index (χ1n) is 13.3. The molecule has 2 aliphatic heterocycles. The van der Waals surface area contributed by atoms with Crippen LogP contribution in [0.25, 0.3) is 10.9 Å². The van der Waals surface area contributed by atoms with Crippen LogP contribution < -0.4 is 15.1 Å². The fourth-order valence-electron chi connectivity index (χ4n) is 4.67. The number of piperidine rings is 1. The highest BCUT2D eigenvalue weighted by Crippen LogP contribution is 2.32. The minimum absolute atomic E-state index is 0.0196. The summed E-state index contributed by atoms with van der Waals surface area (Å²) in [6.07, 6.45) is 0.487. The molecule has 2 N–H and O–H groups in total. The number of hydrogen-bond acceptors (Lipinski definition) is 10. The van der Waals surface area contributed by atoms with Crippen molar-refractivity contribution in [3.63, 3.8) is 0 Å². The molecule has 2 atom stereocenters. The molecule has 0 unspecified atom stereocenters. The summed E-state index contributed by atoms with van der Waals surface area (Å²) in [5.74, 6) is 1.73. The Labute approximate surface area is 230 Å². The smallest absolute Gasteiger partial charge is 0.418 e. The lowest BCUT2D eigenvalue weighted by Crippen LogP contribution is -2.45. The number of halogens is 1. The molecule has 0 spiro atoms. The summed E-state index contributed by atoms with van der Waals surface area (Å²) in [4.78, 5) is 43.3. The number of fused-ring (bicyclic) bond motifs is 1. The van der Waals surface area contributed by atoms with Crippen LogP contribution in [-0.2, 0) is 4.74 Å². The molecular formula is C26H34FN9O4. The van der Waals surface area contributed by atoms with Crippen LogP contribution in [0.2, 0.25) is 0 Å². The first-order chi connectivity index (χ1) is 18.9. The SMILES string of the molecule is CC(C)n1nc(N2CCN(C(=O)OC(C)(C)C)C2=O)c2cnc(Nc3ccnc(N4CC[C@@H](O)[C@@H](F)C4)n3)cc21. The molecule has 2 saturated heterocycles. The van der Waals surface area contributed by atoms with Crippen molar-refractivity contribution in [1.29, 1.82) is 0 Å². The van der Waals surface area contributed by atoms with E-state index < -0.39 is 30.0 Å². The number of rotatable bonds is 5. The predicted octanol–water partition coefficient (Wildman–Crippen LogP) is 3.63. The third-order valence-electron chi connectivity index (χ3n) is 6.63. The summed E-state index contributed by atoms with van der Waals surface area (Å²) < 4.78 is 21.2. The minimum Gasteiger partial charge on any atom is -0.443 e. The van der Waals surface area contributed by atoms with Gasteiger partial charge in [-0.1, -0.05) is 0 Å². The second-order valence-corrected chi connectivity index (χ2v) is 11.2. The number of aliphatic hydroxyl groups is 1. The van der Waals surface area contributed by atoms with Crippen LogP contribution in [0, 0.1) is 0 Å². The molecule has 0 aromatic carbocycles. The van der Waals surface area contributed by atoms with Gasteiger partial charge in [-0.3, -0.25) is 9.58 Å². The van der Waals surface area contributed by atoms with Crippen LogP contribution in [-0.4, -0.2) is 90.9 Å². The zero-order chi connectivity index (χ0) is 28.8. The second-order valence-electron chi connectivity index (χ2n) is 11.2. The Morgan fingerprint density at radius 3 is 2.67 bits per heavy atom. The number of alkyl halides is 1. The fourth-order valence-corrected chi connectivity index (χ4v) is 4.67. The van der Waals surface area contributed by atoms with Gasteiger partial charge in [-0.2, -0.15) is 10.1 Å². The zero-order valence-electron chi connectivity index (χ0n) is 23.2. The third kappa shape index (κ3) is 5.48. The maximum Gasteiger partial charge on any atom is 0.418 e. The summed E-state index contributed by atoms with van der Waals surface area (Å²) in [6, 6.07) is 2.97. The Bertz CT molecular complexity index is 1420. The quantitative estimate of drug-likeness (QED) is 0.479. The molecule has 2 aliphatic rings. The summed E-state index contributed by atoms with van der Waals surface area (Å²) >= 11 is 0. The lowest BCUT2D eigenvalue weighted by molar-refractivity contribution is 0.0354. The van der Waals surface area contributed by atoms with E-state index in [1.54, 1.807) is 48.8 Å². The highest BCUT2D eigenvalue weighted by molar-refractivity contribution is 6.07.